The molecule has 1 saturated heterocycles. The summed E-state index contributed by atoms with van der Waals surface area (Å²) in [4.78, 5) is 1.87. The molecule has 1 aromatic rings. The van der Waals surface area contributed by atoms with Crippen LogP contribution in [-0.2, 0) is 10.0 Å². The predicted molar refractivity (Wildman–Crippen MR) is 90.2 cm³/mol. The Morgan fingerprint density at radius 2 is 1.74 bits per heavy atom. The molecular weight excluding hydrogens is 334 g/mol. The van der Waals surface area contributed by atoms with E-state index < -0.39 is 10.0 Å². The van der Waals surface area contributed by atoms with E-state index >= 15 is 0 Å². The predicted octanol–water partition coefficient (Wildman–Crippen LogP) is -0.609. The molecule has 1 aliphatic carbocycles. The number of piperazine rings is 1. The van der Waals surface area contributed by atoms with Gasteiger partial charge in [-0.25, -0.2) is 13.1 Å². The van der Waals surface area contributed by atoms with E-state index in [9.17, 15) is 8.42 Å². The zero-order valence-electron chi connectivity index (χ0n) is 13.3. The molecule has 23 heavy (non-hydrogen) atoms. The number of sulfonamides is 1. The molecule has 5 nitrogen and oxygen atoms in total. The standard InChI is InChI=1S/C16H24ClN3O2S/c17-13-5-7-14(8-6-13)23(21,22)19-15-3-1-2-4-16(15)20-11-9-18-10-12-20/h5-8,15-16,18-19H,1-4,9-12H2/p+2/t15-,16-/m0/s1. The Labute approximate surface area is 143 Å². The van der Waals surface area contributed by atoms with Crippen LogP contribution in [0.25, 0.3) is 0 Å². The quantitative estimate of drug-likeness (QED) is 0.671. The van der Waals surface area contributed by atoms with E-state index in [-0.39, 0.29) is 6.04 Å². The van der Waals surface area contributed by atoms with Crippen molar-refractivity contribution >= 4 is 21.6 Å². The molecule has 1 saturated carbocycles. The lowest BCUT2D eigenvalue weighted by molar-refractivity contribution is -0.968. The number of nitrogens with one attached hydrogen (secondary N) is 2. The van der Waals surface area contributed by atoms with E-state index in [0.717, 1.165) is 45.4 Å². The van der Waals surface area contributed by atoms with Crippen molar-refractivity contribution in [2.75, 3.05) is 26.2 Å². The SMILES string of the molecule is O=S(=O)(N[C@H]1CCCC[C@@H]1[NH+]1CC[NH2+]CC1)c1ccc(Cl)cc1. The van der Waals surface area contributed by atoms with Gasteiger partial charge in [0.25, 0.3) is 0 Å². The first-order valence-corrected chi connectivity index (χ1v) is 10.4. The van der Waals surface area contributed by atoms with Crippen LogP contribution in [-0.4, -0.2) is 46.7 Å². The van der Waals surface area contributed by atoms with Crippen molar-refractivity contribution in [3.63, 3.8) is 0 Å². The lowest BCUT2D eigenvalue weighted by atomic mass is 9.89. The molecule has 7 heteroatoms. The zero-order valence-corrected chi connectivity index (χ0v) is 14.9. The molecule has 2 fully saturated rings. The number of halogens is 1. The molecule has 2 aliphatic rings. The minimum absolute atomic E-state index is 0.0394. The highest BCUT2D eigenvalue weighted by molar-refractivity contribution is 7.89. The number of hydrogen-bond donors (Lipinski definition) is 3. The maximum absolute atomic E-state index is 12.7. The largest absolute Gasteiger partial charge is 0.337 e. The summed E-state index contributed by atoms with van der Waals surface area (Å²) in [5, 5.41) is 2.90. The van der Waals surface area contributed by atoms with Gasteiger partial charge in [0.2, 0.25) is 10.0 Å². The van der Waals surface area contributed by atoms with Gasteiger partial charge in [0.1, 0.15) is 32.2 Å². The fraction of sp³-hybridized carbons (Fsp3) is 0.625. The molecule has 1 aliphatic heterocycles. The molecule has 0 radical (unpaired) electrons. The number of rotatable bonds is 4. The molecule has 0 unspecified atom stereocenters. The van der Waals surface area contributed by atoms with Gasteiger partial charge in [-0.15, -0.1) is 0 Å². The van der Waals surface area contributed by atoms with Crippen LogP contribution in [0.2, 0.25) is 5.02 Å². The van der Waals surface area contributed by atoms with Gasteiger partial charge in [0.15, 0.2) is 0 Å². The van der Waals surface area contributed by atoms with Gasteiger partial charge in [0, 0.05) is 11.4 Å². The van der Waals surface area contributed by atoms with Gasteiger partial charge in [-0.05, 0) is 37.1 Å². The van der Waals surface area contributed by atoms with Crippen LogP contribution in [0.4, 0.5) is 0 Å². The second-order valence-corrected chi connectivity index (χ2v) is 8.75. The lowest BCUT2D eigenvalue weighted by Crippen LogP contribution is -3.24. The second-order valence-electron chi connectivity index (χ2n) is 6.60. The smallest absolute Gasteiger partial charge is 0.241 e. The van der Waals surface area contributed by atoms with Gasteiger partial charge in [-0.2, -0.15) is 0 Å². The maximum Gasteiger partial charge on any atom is 0.241 e. The molecule has 128 valence electrons. The number of nitrogens with two attached hydrogens (primary N) is 1. The number of benzene rings is 1. The summed E-state index contributed by atoms with van der Waals surface area (Å²) in [6.07, 6.45) is 4.36. The molecule has 0 amide bonds. The van der Waals surface area contributed by atoms with Gasteiger partial charge in [0.05, 0.1) is 10.9 Å². The molecule has 4 N–H and O–H groups in total. The van der Waals surface area contributed by atoms with Crippen molar-refractivity contribution in [2.45, 2.75) is 42.7 Å². The fourth-order valence-electron chi connectivity index (χ4n) is 3.86. The van der Waals surface area contributed by atoms with E-state index in [4.69, 9.17) is 11.6 Å². The molecular formula is C16H26ClN3O2S+2. The number of quaternary nitrogens is 2. The highest BCUT2D eigenvalue weighted by Gasteiger charge is 2.37. The van der Waals surface area contributed by atoms with Crippen LogP contribution in [0.3, 0.4) is 0 Å². The van der Waals surface area contributed by atoms with Crippen molar-refractivity contribution in [1.82, 2.24) is 4.72 Å². The fourth-order valence-corrected chi connectivity index (χ4v) is 5.29. The van der Waals surface area contributed by atoms with Crippen LogP contribution in [0.15, 0.2) is 29.2 Å². The minimum Gasteiger partial charge on any atom is -0.337 e. The number of hydrogen-bond acceptors (Lipinski definition) is 2. The molecule has 2 atom stereocenters. The summed E-state index contributed by atoms with van der Waals surface area (Å²) in [5.41, 5.74) is 0. The van der Waals surface area contributed by atoms with E-state index in [1.165, 1.54) is 6.42 Å². The summed E-state index contributed by atoms with van der Waals surface area (Å²) >= 11 is 5.86. The zero-order chi connectivity index (χ0) is 16.3. The van der Waals surface area contributed by atoms with Gasteiger partial charge in [-0.1, -0.05) is 18.0 Å². The third-order valence-electron chi connectivity index (χ3n) is 5.06. The van der Waals surface area contributed by atoms with Crippen LogP contribution in [0, 0.1) is 0 Å². The highest BCUT2D eigenvalue weighted by Crippen LogP contribution is 2.20. The van der Waals surface area contributed by atoms with Gasteiger partial charge in [-0.3, -0.25) is 0 Å². The van der Waals surface area contributed by atoms with Crippen LogP contribution >= 0.6 is 11.6 Å². The average Bonchev–Trinajstić information content (AvgIpc) is 2.56. The molecule has 1 aromatic carbocycles. The van der Waals surface area contributed by atoms with Crippen molar-refractivity contribution in [3.05, 3.63) is 29.3 Å². The van der Waals surface area contributed by atoms with Crippen molar-refractivity contribution in [1.29, 1.82) is 0 Å². The molecule has 3 rings (SSSR count). The van der Waals surface area contributed by atoms with Crippen molar-refractivity contribution in [2.24, 2.45) is 0 Å². The third-order valence-corrected chi connectivity index (χ3v) is 6.82. The van der Waals surface area contributed by atoms with Crippen LogP contribution in [0.1, 0.15) is 25.7 Å². The molecule has 0 bridgehead atoms. The molecule has 1 heterocycles. The van der Waals surface area contributed by atoms with Crippen molar-refractivity contribution < 1.29 is 18.6 Å². The summed E-state index contributed by atoms with van der Waals surface area (Å²) in [6, 6.07) is 6.84. The second kappa shape index (κ2) is 7.49. The molecule has 0 aromatic heterocycles. The normalized spacial score (nSPS) is 27.0. The first-order chi connectivity index (χ1) is 11.1. The highest BCUT2D eigenvalue weighted by atomic mass is 35.5. The first-order valence-electron chi connectivity index (χ1n) is 8.50. The Hall–Kier alpha value is -0.660. The monoisotopic (exact) mass is 359 g/mol. The Kier molecular flexibility index (Phi) is 5.59. The van der Waals surface area contributed by atoms with E-state index in [1.54, 1.807) is 29.2 Å². The summed E-state index contributed by atoms with van der Waals surface area (Å²) < 4.78 is 28.3. The van der Waals surface area contributed by atoms with Gasteiger partial charge >= 0.3 is 0 Å². The molecule has 0 spiro atoms. The Bertz CT molecular complexity index is 615. The maximum atomic E-state index is 12.7. The third kappa shape index (κ3) is 4.25. The van der Waals surface area contributed by atoms with Crippen LogP contribution in [0.5, 0.6) is 0 Å². The summed E-state index contributed by atoms with van der Waals surface area (Å²) in [6.45, 7) is 4.54. The lowest BCUT2D eigenvalue weighted by Gasteiger charge is -2.38. The summed E-state index contributed by atoms with van der Waals surface area (Å²) in [7, 11) is -3.48. The van der Waals surface area contributed by atoms with Gasteiger partial charge < -0.3 is 10.2 Å². The Morgan fingerprint density at radius 3 is 2.43 bits per heavy atom. The van der Waals surface area contributed by atoms with E-state index in [2.05, 4.69) is 10.0 Å². The van der Waals surface area contributed by atoms with E-state index in [1.807, 2.05) is 0 Å². The van der Waals surface area contributed by atoms with Crippen molar-refractivity contribution in [3.8, 4) is 0 Å². The summed E-state index contributed by atoms with van der Waals surface area (Å²) in [5.74, 6) is 0. The Morgan fingerprint density at radius 1 is 1.09 bits per heavy atom. The topological polar surface area (TPSA) is 67.2 Å². The van der Waals surface area contributed by atoms with Crippen LogP contribution < -0.4 is 14.9 Å². The Balaban J connectivity index is 1.74. The first kappa shape index (κ1) is 17.2. The van der Waals surface area contributed by atoms with E-state index in [0.29, 0.717) is 16.0 Å². The average molecular weight is 360 g/mol. The minimum atomic E-state index is -3.48.